The van der Waals surface area contributed by atoms with E-state index in [0.29, 0.717) is 18.8 Å². The van der Waals surface area contributed by atoms with E-state index in [4.69, 9.17) is 14.7 Å². The number of benzene rings is 1. The summed E-state index contributed by atoms with van der Waals surface area (Å²) in [5, 5.41) is 8.50. The Morgan fingerprint density at radius 2 is 1.79 bits per heavy atom. The summed E-state index contributed by atoms with van der Waals surface area (Å²) >= 11 is 0. The molecule has 1 aromatic carbocycles. The quantitative estimate of drug-likeness (QED) is 0.848. The van der Waals surface area contributed by atoms with E-state index >= 15 is 0 Å². The van der Waals surface area contributed by atoms with Crippen LogP contribution in [-0.2, 0) is 11.3 Å². The first kappa shape index (κ1) is 18.1. The number of ether oxygens (including phenoxy) is 2. The van der Waals surface area contributed by atoms with E-state index in [0.717, 1.165) is 19.6 Å². The number of amides is 1. The van der Waals surface area contributed by atoms with Crippen LogP contribution in [0.3, 0.4) is 0 Å². The Morgan fingerprint density at radius 3 is 2.33 bits per heavy atom. The molecule has 0 aliphatic carbocycles. The molecular weight excluding hydrogens is 306 g/mol. The van der Waals surface area contributed by atoms with E-state index in [1.54, 1.807) is 4.90 Å². The van der Waals surface area contributed by atoms with Gasteiger partial charge in [-0.2, -0.15) is 5.26 Å². The van der Waals surface area contributed by atoms with E-state index in [9.17, 15) is 4.79 Å². The Hall–Kier alpha value is -2.26. The van der Waals surface area contributed by atoms with Crippen LogP contribution in [-0.4, -0.2) is 54.3 Å². The van der Waals surface area contributed by atoms with Gasteiger partial charge in [-0.1, -0.05) is 12.1 Å². The maximum absolute atomic E-state index is 12.1. The van der Waals surface area contributed by atoms with Crippen molar-refractivity contribution in [3.8, 4) is 11.8 Å². The lowest BCUT2D eigenvalue weighted by Crippen LogP contribution is -2.49. The summed E-state index contributed by atoms with van der Waals surface area (Å²) in [6, 6.07) is 9.72. The molecule has 24 heavy (non-hydrogen) atoms. The number of hydrogen-bond donors (Lipinski definition) is 0. The van der Waals surface area contributed by atoms with Crippen LogP contribution in [0.25, 0.3) is 0 Å². The molecule has 6 heteroatoms. The number of nitriles is 1. The van der Waals surface area contributed by atoms with Crippen molar-refractivity contribution in [3.05, 3.63) is 29.8 Å². The molecule has 1 aromatic rings. The van der Waals surface area contributed by atoms with Gasteiger partial charge in [0.15, 0.2) is 6.61 Å². The molecule has 0 unspecified atom stereocenters. The van der Waals surface area contributed by atoms with Crippen LogP contribution < -0.4 is 4.74 Å². The molecule has 2 rings (SSSR count). The Balaban J connectivity index is 1.78. The summed E-state index contributed by atoms with van der Waals surface area (Å²) < 4.78 is 10.7. The first-order valence-corrected chi connectivity index (χ1v) is 8.16. The lowest BCUT2D eigenvalue weighted by atomic mass is 10.2. The van der Waals surface area contributed by atoms with Crippen LogP contribution in [0.4, 0.5) is 4.79 Å². The summed E-state index contributed by atoms with van der Waals surface area (Å²) in [5.41, 5.74) is 0.730. The third kappa shape index (κ3) is 5.74. The van der Waals surface area contributed by atoms with Crippen molar-refractivity contribution in [1.29, 1.82) is 5.26 Å². The van der Waals surface area contributed by atoms with Gasteiger partial charge < -0.3 is 14.4 Å². The minimum absolute atomic E-state index is 0.0615. The van der Waals surface area contributed by atoms with Gasteiger partial charge in [0.25, 0.3) is 0 Å². The first-order valence-electron chi connectivity index (χ1n) is 8.16. The first-order chi connectivity index (χ1) is 11.4. The van der Waals surface area contributed by atoms with Crippen LogP contribution in [0.15, 0.2) is 24.3 Å². The normalized spacial score (nSPS) is 15.7. The molecule has 0 atom stereocenters. The monoisotopic (exact) mass is 331 g/mol. The van der Waals surface area contributed by atoms with E-state index < -0.39 is 5.60 Å². The molecule has 0 N–H and O–H groups in total. The molecule has 0 aromatic heterocycles. The molecule has 1 saturated heterocycles. The number of carbonyl (C=O) groups excluding carboxylic acids is 1. The van der Waals surface area contributed by atoms with Gasteiger partial charge in [-0.3, -0.25) is 4.90 Å². The summed E-state index contributed by atoms with van der Waals surface area (Å²) in [5.74, 6) is 0.704. The summed E-state index contributed by atoms with van der Waals surface area (Å²) in [6.45, 7) is 9.54. The highest BCUT2D eigenvalue weighted by Crippen LogP contribution is 2.16. The highest BCUT2D eigenvalue weighted by atomic mass is 16.6. The van der Waals surface area contributed by atoms with Crippen molar-refractivity contribution in [3.63, 3.8) is 0 Å². The molecular formula is C18H25N3O3. The maximum atomic E-state index is 12.1. The van der Waals surface area contributed by atoms with Gasteiger partial charge in [-0.25, -0.2) is 4.79 Å². The molecule has 0 spiro atoms. The van der Waals surface area contributed by atoms with Gasteiger partial charge in [-0.05, 0) is 38.5 Å². The van der Waals surface area contributed by atoms with Crippen molar-refractivity contribution in [2.24, 2.45) is 0 Å². The van der Waals surface area contributed by atoms with Crippen molar-refractivity contribution in [2.75, 3.05) is 32.8 Å². The smallest absolute Gasteiger partial charge is 0.410 e. The molecule has 1 aliphatic rings. The number of rotatable bonds is 4. The molecule has 1 heterocycles. The SMILES string of the molecule is CC(C)(C)OC(=O)N1CCN(Cc2ccc(OCC#N)cc2)CC1. The fourth-order valence-corrected chi connectivity index (χ4v) is 2.48. The topological polar surface area (TPSA) is 65.8 Å². The summed E-state index contributed by atoms with van der Waals surface area (Å²) in [6.07, 6.45) is -0.235. The van der Waals surface area contributed by atoms with Crippen molar-refractivity contribution < 1.29 is 14.3 Å². The average molecular weight is 331 g/mol. The average Bonchev–Trinajstić information content (AvgIpc) is 2.53. The van der Waals surface area contributed by atoms with Crippen LogP contribution in [0, 0.1) is 11.3 Å². The third-order valence-electron chi connectivity index (χ3n) is 3.66. The second-order valence-corrected chi connectivity index (χ2v) is 6.83. The standard InChI is InChI=1S/C18H25N3O3/c1-18(2,3)24-17(22)21-11-9-20(10-12-21)14-15-4-6-16(7-5-15)23-13-8-19/h4-7H,9-14H2,1-3H3. The highest BCUT2D eigenvalue weighted by Gasteiger charge is 2.25. The largest absolute Gasteiger partial charge is 0.479 e. The predicted molar refractivity (Wildman–Crippen MR) is 90.6 cm³/mol. The zero-order chi connectivity index (χ0) is 17.6. The van der Waals surface area contributed by atoms with Gasteiger partial charge in [-0.15, -0.1) is 0 Å². The minimum atomic E-state index is -0.455. The van der Waals surface area contributed by atoms with Crippen LogP contribution in [0.1, 0.15) is 26.3 Å². The lowest BCUT2D eigenvalue weighted by Gasteiger charge is -2.35. The molecule has 1 aliphatic heterocycles. The van der Waals surface area contributed by atoms with Crippen molar-refractivity contribution in [1.82, 2.24) is 9.80 Å². The van der Waals surface area contributed by atoms with E-state index in [2.05, 4.69) is 4.90 Å². The van der Waals surface area contributed by atoms with Gasteiger partial charge in [0.05, 0.1) is 0 Å². The van der Waals surface area contributed by atoms with Gasteiger partial charge >= 0.3 is 6.09 Å². The fourth-order valence-electron chi connectivity index (χ4n) is 2.48. The second-order valence-electron chi connectivity index (χ2n) is 6.83. The van der Waals surface area contributed by atoms with E-state index in [-0.39, 0.29) is 12.7 Å². The second kappa shape index (κ2) is 8.02. The molecule has 0 radical (unpaired) electrons. The summed E-state index contributed by atoms with van der Waals surface area (Å²) in [7, 11) is 0. The Bertz CT molecular complexity index is 579. The van der Waals surface area contributed by atoms with Crippen LogP contribution >= 0.6 is 0 Å². The highest BCUT2D eigenvalue weighted by molar-refractivity contribution is 5.68. The molecule has 0 saturated carbocycles. The summed E-state index contributed by atoms with van der Waals surface area (Å²) in [4.78, 5) is 16.1. The van der Waals surface area contributed by atoms with Gasteiger partial charge in [0, 0.05) is 32.7 Å². The Labute approximate surface area is 143 Å². The van der Waals surface area contributed by atoms with E-state index in [1.807, 2.05) is 51.1 Å². The van der Waals surface area contributed by atoms with Crippen LogP contribution in [0.5, 0.6) is 5.75 Å². The number of carbonyl (C=O) groups is 1. The van der Waals surface area contributed by atoms with E-state index in [1.165, 1.54) is 5.56 Å². The Kier molecular flexibility index (Phi) is 6.04. The van der Waals surface area contributed by atoms with Crippen LogP contribution in [0.2, 0.25) is 0 Å². The van der Waals surface area contributed by atoms with Gasteiger partial charge in [0.2, 0.25) is 0 Å². The number of hydrogen-bond acceptors (Lipinski definition) is 5. The molecule has 130 valence electrons. The molecule has 0 bridgehead atoms. The molecule has 1 amide bonds. The van der Waals surface area contributed by atoms with Crippen molar-refractivity contribution >= 4 is 6.09 Å². The predicted octanol–water partition coefficient (Wildman–Crippen LogP) is 2.64. The number of nitrogens with zero attached hydrogens (tertiary/aromatic N) is 3. The zero-order valence-corrected chi connectivity index (χ0v) is 14.6. The number of piperazine rings is 1. The fraction of sp³-hybridized carbons (Fsp3) is 0.556. The molecule has 6 nitrogen and oxygen atoms in total. The van der Waals surface area contributed by atoms with Crippen molar-refractivity contribution in [2.45, 2.75) is 32.9 Å². The lowest BCUT2D eigenvalue weighted by molar-refractivity contribution is 0.0139. The third-order valence-corrected chi connectivity index (χ3v) is 3.66. The molecule has 1 fully saturated rings. The Morgan fingerprint density at radius 1 is 1.17 bits per heavy atom. The minimum Gasteiger partial charge on any atom is -0.479 e. The van der Waals surface area contributed by atoms with Gasteiger partial charge in [0.1, 0.15) is 17.4 Å². The maximum Gasteiger partial charge on any atom is 0.410 e. The zero-order valence-electron chi connectivity index (χ0n) is 14.6.